The second-order valence-electron chi connectivity index (χ2n) is 5.38. The molecule has 2 rings (SSSR count). The molecule has 0 aliphatic heterocycles. The Morgan fingerprint density at radius 3 is 2.44 bits per heavy atom. The summed E-state index contributed by atoms with van der Waals surface area (Å²) in [6.45, 7) is 2.52. The molecule has 0 spiro atoms. The Morgan fingerprint density at radius 1 is 1.32 bits per heavy atom. The van der Waals surface area contributed by atoms with Crippen LogP contribution in [0.5, 0.6) is 0 Å². The lowest BCUT2D eigenvalue weighted by molar-refractivity contribution is -0.385. The third-order valence-electron chi connectivity index (χ3n) is 3.66. The van der Waals surface area contributed by atoms with Gasteiger partial charge in [0.2, 0.25) is 5.91 Å². The van der Waals surface area contributed by atoms with Crippen LogP contribution in [-0.4, -0.2) is 37.9 Å². The van der Waals surface area contributed by atoms with Gasteiger partial charge in [0.1, 0.15) is 6.04 Å². The first kappa shape index (κ1) is 17.8. The third kappa shape index (κ3) is 3.54. The van der Waals surface area contributed by atoms with Crippen molar-refractivity contribution in [3.8, 4) is 0 Å². The summed E-state index contributed by atoms with van der Waals surface area (Å²) in [5.41, 5.74) is -2.00. The number of H-pyrrole nitrogens is 2. The summed E-state index contributed by atoms with van der Waals surface area (Å²) in [6.07, 6.45) is -0.319. The van der Waals surface area contributed by atoms with Gasteiger partial charge in [0.05, 0.1) is 16.0 Å². The molecular weight excluding hydrogens is 336 g/mol. The summed E-state index contributed by atoms with van der Waals surface area (Å²) in [7, 11) is 0. The standard InChI is InChI=1S/C14H14N4O7/c1-5-7(3-9(14(22)23)15-6(2)19)11-8(4-10(5)18(24)25)16-12(20)13(21)17-11/h4,9H,3H2,1-2H3,(H,15,19)(H,16,20)(H,17,21)(H,22,23). The van der Waals surface area contributed by atoms with Gasteiger partial charge in [-0.05, 0) is 12.5 Å². The zero-order valence-corrected chi connectivity index (χ0v) is 13.2. The molecule has 1 amide bonds. The number of nitro benzene ring substituents is 1. The average molecular weight is 350 g/mol. The summed E-state index contributed by atoms with van der Waals surface area (Å²) in [6, 6.07) is -0.281. The number of nitrogens with zero attached hydrogens (tertiary/aromatic N) is 1. The monoisotopic (exact) mass is 350 g/mol. The van der Waals surface area contributed by atoms with E-state index < -0.39 is 34.0 Å². The van der Waals surface area contributed by atoms with E-state index in [-0.39, 0.29) is 34.3 Å². The lowest BCUT2D eigenvalue weighted by Gasteiger charge is -2.16. The maximum Gasteiger partial charge on any atom is 0.326 e. The highest BCUT2D eigenvalue weighted by Crippen LogP contribution is 2.28. The van der Waals surface area contributed by atoms with Gasteiger partial charge in [-0.1, -0.05) is 0 Å². The number of aliphatic carboxylic acids is 1. The fraction of sp³-hybridized carbons (Fsp3) is 0.286. The van der Waals surface area contributed by atoms with Gasteiger partial charge in [0.25, 0.3) is 5.69 Å². The normalized spacial score (nSPS) is 11.9. The Hall–Kier alpha value is -3.50. The number of fused-ring (bicyclic) bond motifs is 1. The van der Waals surface area contributed by atoms with Crippen LogP contribution in [0.1, 0.15) is 18.1 Å². The third-order valence-corrected chi connectivity index (χ3v) is 3.66. The number of carbonyl (C=O) groups excluding carboxylic acids is 1. The molecule has 25 heavy (non-hydrogen) atoms. The Balaban J connectivity index is 2.76. The van der Waals surface area contributed by atoms with Crippen molar-refractivity contribution in [1.82, 2.24) is 15.3 Å². The number of aromatic amines is 2. The van der Waals surface area contributed by atoms with Crippen molar-refractivity contribution in [1.29, 1.82) is 0 Å². The summed E-state index contributed by atoms with van der Waals surface area (Å²) in [5, 5.41) is 22.7. The minimum Gasteiger partial charge on any atom is -0.480 e. The quantitative estimate of drug-likeness (QED) is 0.321. The van der Waals surface area contributed by atoms with Crippen LogP contribution < -0.4 is 16.4 Å². The predicted molar refractivity (Wildman–Crippen MR) is 85.5 cm³/mol. The molecule has 132 valence electrons. The van der Waals surface area contributed by atoms with Gasteiger partial charge in [-0.3, -0.25) is 24.5 Å². The molecule has 0 fully saturated rings. The van der Waals surface area contributed by atoms with Crippen molar-refractivity contribution in [2.75, 3.05) is 0 Å². The molecule has 1 aromatic carbocycles. The van der Waals surface area contributed by atoms with Crippen LogP contribution in [0, 0.1) is 17.0 Å². The van der Waals surface area contributed by atoms with Crippen molar-refractivity contribution < 1.29 is 19.6 Å². The molecular formula is C14H14N4O7. The summed E-state index contributed by atoms with van der Waals surface area (Å²) in [4.78, 5) is 60.7. The van der Waals surface area contributed by atoms with Crippen molar-refractivity contribution in [3.63, 3.8) is 0 Å². The van der Waals surface area contributed by atoms with Gasteiger partial charge < -0.3 is 20.4 Å². The van der Waals surface area contributed by atoms with Crippen molar-refractivity contribution in [2.24, 2.45) is 0 Å². The van der Waals surface area contributed by atoms with Crippen molar-refractivity contribution in [2.45, 2.75) is 26.3 Å². The molecule has 0 saturated carbocycles. The minimum atomic E-state index is -1.36. The Bertz CT molecular complexity index is 1000. The molecule has 0 bridgehead atoms. The van der Waals surface area contributed by atoms with E-state index in [1.54, 1.807) is 0 Å². The number of aromatic nitrogens is 2. The van der Waals surface area contributed by atoms with Gasteiger partial charge in [0.15, 0.2) is 0 Å². The van der Waals surface area contributed by atoms with E-state index in [0.717, 1.165) is 13.0 Å². The molecule has 4 N–H and O–H groups in total. The Kier molecular flexibility index (Phi) is 4.68. The fourth-order valence-corrected chi connectivity index (χ4v) is 2.51. The maximum atomic E-state index is 11.6. The van der Waals surface area contributed by atoms with Gasteiger partial charge in [0, 0.05) is 25.0 Å². The fourth-order valence-electron chi connectivity index (χ4n) is 2.51. The zero-order chi connectivity index (χ0) is 18.9. The first-order chi connectivity index (χ1) is 11.6. The van der Waals surface area contributed by atoms with Crippen LogP contribution in [0.15, 0.2) is 15.7 Å². The van der Waals surface area contributed by atoms with E-state index in [2.05, 4.69) is 15.3 Å². The number of nitrogens with one attached hydrogen (secondary N) is 3. The second kappa shape index (κ2) is 6.55. The molecule has 0 radical (unpaired) electrons. The molecule has 1 atom stereocenters. The van der Waals surface area contributed by atoms with Gasteiger partial charge >= 0.3 is 17.1 Å². The Morgan fingerprint density at radius 2 is 1.92 bits per heavy atom. The Labute approximate surface area is 138 Å². The van der Waals surface area contributed by atoms with Crippen molar-refractivity contribution >= 4 is 28.6 Å². The van der Waals surface area contributed by atoms with E-state index in [0.29, 0.717) is 0 Å². The van der Waals surface area contributed by atoms with Gasteiger partial charge in [-0.2, -0.15) is 0 Å². The molecule has 1 heterocycles. The van der Waals surface area contributed by atoms with Crippen LogP contribution >= 0.6 is 0 Å². The molecule has 1 unspecified atom stereocenters. The molecule has 0 aliphatic carbocycles. The zero-order valence-electron chi connectivity index (χ0n) is 13.2. The van der Waals surface area contributed by atoms with E-state index >= 15 is 0 Å². The average Bonchev–Trinajstić information content (AvgIpc) is 2.49. The van der Waals surface area contributed by atoms with Gasteiger partial charge in [-0.25, -0.2) is 4.79 Å². The van der Waals surface area contributed by atoms with E-state index in [1.807, 2.05) is 0 Å². The molecule has 11 heteroatoms. The molecule has 2 aromatic rings. The molecule has 1 aromatic heterocycles. The number of hydrogen-bond acceptors (Lipinski definition) is 6. The number of carboxylic acid groups (broad SMARTS) is 1. The SMILES string of the molecule is CC(=O)NC(Cc1c(C)c([N+](=O)[O-])cc2[nH]c(=O)c(=O)[nH]c12)C(=O)O. The van der Waals surface area contributed by atoms with E-state index in [1.165, 1.54) is 6.92 Å². The van der Waals surface area contributed by atoms with E-state index in [9.17, 15) is 34.4 Å². The first-order valence-electron chi connectivity index (χ1n) is 7.05. The number of nitro groups is 1. The first-order valence-corrected chi connectivity index (χ1v) is 7.05. The number of benzene rings is 1. The molecule has 11 nitrogen and oxygen atoms in total. The van der Waals surface area contributed by atoms with Crippen LogP contribution in [0.4, 0.5) is 5.69 Å². The predicted octanol–water partition coefficient (Wildman–Crippen LogP) is -0.435. The highest BCUT2D eigenvalue weighted by atomic mass is 16.6. The summed E-state index contributed by atoms with van der Waals surface area (Å²) < 4.78 is 0. The highest BCUT2D eigenvalue weighted by Gasteiger charge is 2.25. The van der Waals surface area contributed by atoms with Crippen molar-refractivity contribution in [3.05, 3.63) is 48.0 Å². The van der Waals surface area contributed by atoms with Crippen LogP contribution in [0.2, 0.25) is 0 Å². The number of rotatable bonds is 5. The topological polar surface area (TPSA) is 175 Å². The van der Waals surface area contributed by atoms with Crippen LogP contribution in [-0.2, 0) is 16.0 Å². The van der Waals surface area contributed by atoms with Gasteiger partial charge in [-0.15, -0.1) is 0 Å². The molecule has 0 aliphatic rings. The summed E-state index contributed by atoms with van der Waals surface area (Å²) >= 11 is 0. The van der Waals surface area contributed by atoms with Crippen LogP contribution in [0.3, 0.4) is 0 Å². The van der Waals surface area contributed by atoms with Crippen LogP contribution in [0.25, 0.3) is 11.0 Å². The number of carbonyl (C=O) groups is 2. The highest BCUT2D eigenvalue weighted by molar-refractivity contribution is 5.86. The lowest BCUT2D eigenvalue weighted by atomic mass is 9.97. The van der Waals surface area contributed by atoms with E-state index in [4.69, 9.17) is 0 Å². The molecule has 0 saturated heterocycles. The lowest BCUT2D eigenvalue weighted by Crippen LogP contribution is -2.41. The number of amides is 1. The number of hydrogen-bond donors (Lipinski definition) is 4. The smallest absolute Gasteiger partial charge is 0.326 e. The minimum absolute atomic E-state index is 0.0103. The second-order valence-corrected chi connectivity index (χ2v) is 5.38. The maximum absolute atomic E-state index is 11.6. The number of carboxylic acids is 1. The largest absolute Gasteiger partial charge is 0.480 e. The summed E-state index contributed by atoms with van der Waals surface area (Å²) in [5.74, 6) is -1.94.